The Kier molecular flexibility index (Phi) is 3.55. The molecule has 0 N–H and O–H groups in total. The van der Waals surface area contributed by atoms with Crippen molar-refractivity contribution in [3.63, 3.8) is 0 Å². The maximum Gasteiger partial charge on any atom is 0.223 e. The molecule has 23 heavy (non-hydrogen) atoms. The second-order valence-electron chi connectivity index (χ2n) is 6.62. The van der Waals surface area contributed by atoms with E-state index in [2.05, 4.69) is 17.0 Å². The molecule has 1 aromatic rings. The van der Waals surface area contributed by atoms with Gasteiger partial charge in [0.2, 0.25) is 5.91 Å². The van der Waals surface area contributed by atoms with Gasteiger partial charge >= 0.3 is 0 Å². The second-order valence-corrected chi connectivity index (χ2v) is 6.62. The molecule has 0 aromatic heterocycles. The minimum Gasteiger partial charge on any atom is -0.497 e. The predicted molar refractivity (Wildman–Crippen MR) is 88.6 cm³/mol. The first-order valence-electron chi connectivity index (χ1n) is 8.50. The summed E-state index contributed by atoms with van der Waals surface area (Å²) in [6.07, 6.45) is 7.45. The Morgan fingerprint density at radius 3 is 2.74 bits per heavy atom. The molecule has 0 bridgehead atoms. The fourth-order valence-corrected chi connectivity index (χ4v) is 4.51. The summed E-state index contributed by atoms with van der Waals surface area (Å²) in [5, 5.41) is 0. The molecule has 1 amide bonds. The van der Waals surface area contributed by atoms with E-state index in [4.69, 9.17) is 9.47 Å². The van der Waals surface area contributed by atoms with Gasteiger partial charge in [-0.2, -0.15) is 0 Å². The molecule has 122 valence electrons. The number of hydrogen-bond donors (Lipinski definition) is 0. The molecule has 3 aliphatic rings. The van der Waals surface area contributed by atoms with Crippen LogP contribution in [0.25, 0.3) is 5.57 Å². The molecular weight excluding hydrogens is 290 g/mol. The number of ether oxygens (including phenoxy) is 2. The molecule has 0 spiro atoms. The Balaban J connectivity index is 1.90. The average Bonchev–Trinajstić information content (AvgIpc) is 3.14. The van der Waals surface area contributed by atoms with E-state index in [1.54, 1.807) is 14.2 Å². The SMILES string of the molecule is COc1cc(OC)c2c(c1)C1=CCCC[C@H]1[C@@H]2N1CCCC1=O. The fourth-order valence-electron chi connectivity index (χ4n) is 4.51. The van der Waals surface area contributed by atoms with Crippen LogP contribution >= 0.6 is 0 Å². The number of methoxy groups -OCH3 is 2. The number of carbonyl (C=O) groups excluding carboxylic acids is 1. The van der Waals surface area contributed by atoms with Crippen LogP contribution in [0.1, 0.15) is 49.3 Å². The number of allylic oxidation sites excluding steroid dienone is 1. The van der Waals surface area contributed by atoms with Crippen LogP contribution in [-0.4, -0.2) is 31.6 Å². The van der Waals surface area contributed by atoms with Crippen molar-refractivity contribution in [2.24, 2.45) is 5.92 Å². The van der Waals surface area contributed by atoms with Crippen LogP contribution in [0.5, 0.6) is 11.5 Å². The number of benzene rings is 1. The lowest BCUT2D eigenvalue weighted by atomic mass is 9.85. The number of likely N-dealkylation sites (tertiary alicyclic amines) is 1. The summed E-state index contributed by atoms with van der Waals surface area (Å²) in [6, 6.07) is 4.19. The van der Waals surface area contributed by atoms with E-state index in [0.717, 1.165) is 37.3 Å². The van der Waals surface area contributed by atoms with Gasteiger partial charge < -0.3 is 14.4 Å². The van der Waals surface area contributed by atoms with E-state index in [1.165, 1.54) is 23.1 Å². The van der Waals surface area contributed by atoms with Gasteiger partial charge in [0.05, 0.1) is 20.3 Å². The van der Waals surface area contributed by atoms with E-state index >= 15 is 0 Å². The number of amides is 1. The predicted octanol–water partition coefficient (Wildman–Crippen LogP) is 3.56. The molecule has 0 saturated carbocycles. The van der Waals surface area contributed by atoms with Gasteiger partial charge in [0.25, 0.3) is 0 Å². The summed E-state index contributed by atoms with van der Waals surface area (Å²) < 4.78 is 11.1. The summed E-state index contributed by atoms with van der Waals surface area (Å²) in [5.41, 5.74) is 3.78. The third kappa shape index (κ3) is 2.15. The van der Waals surface area contributed by atoms with Crippen LogP contribution < -0.4 is 9.47 Å². The first-order valence-corrected chi connectivity index (χ1v) is 8.50. The first-order chi connectivity index (χ1) is 11.2. The summed E-state index contributed by atoms with van der Waals surface area (Å²) in [4.78, 5) is 14.5. The van der Waals surface area contributed by atoms with Crippen LogP contribution in [0.4, 0.5) is 0 Å². The minimum atomic E-state index is 0.132. The largest absolute Gasteiger partial charge is 0.497 e. The van der Waals surface area contributed by atoms with Crippen LogP contribution in [0.2, 0.25) is 0 Å². The smallest absolute Gasteiger partial charge is 0.223 e. The minimum absolute atomic E-state index is 0.132. The molecule has 2 atom stereocenters. The highest BCUT2D eigenvalue weighted by Crippen LogP contribution is 2.56. The Morgan fingerprint density at radius 1 is 1.17 bits per heavy atom. The standard InChI is InChI=1S/C19H23NO3/c1-22-12-10-15-13-6-3-4-7-14(13)19(18(15)16(11-12)23-2)20-9-5-8-17(20)21/h6,10-11,14,19H,3-5,7-9H2,1-2H3/t14-,19+/m1/s1. The lowest BCUT2D eigenvalue weighted by Gasteiger charge is -2.32. The van der Waals surface area contributed by atoms with Crippen molar-refractivity contribution in [1.29, 1.82) is 0 Å². The van der Waals surface area contributed by atoms with Crippen LogP contribution in [-0.2, 0) is 4.79 Å². The number of carbonyl (C=O) groups is 1. The number of nitrogens with zero attached hydrogens (tertiary/aromatic N) is 1. The molecule has 4 nitrogen and oxygen atoms in total. The van der Waals surface area contributed by atoms with Gasteiger partial charge in [-0.3, -0.25) is 4.79 Å². The van der Waals surface area contributed by atoms with E-state index in [-0.39, 0.29) is 11.9 Å². The van der Waals surface area contributed by atoms with Crippen LogP contribution in [0, 0.1) is 5.92 Å². The topological polar surface area (TPSA) is 38.8 Å². The lowest BCUT2D eigenvalue weighted by Crippen LogP contribution is -2.33. The van der Waals surface area contributed by atoms with Crippen molar-refractivity contribution >= 4 is 11.5 Å². The number of hydrogen-bond acceptors (Lipinski definition) is 3. The zero-order chi connectivity index (χ0) is 16.0. The highest BCUT2D eigenvalue weighted by Gasteiger charge is 2.45. The summed E-state index contributed by atoms with van der Waals surface area (Å²) in [7, 11) is 3.39. The maximum atomic E-state index is 12.4. The van der Waals surface area contributed by atoms with E-state index < -0.39 is 0 Å². The molecule has 0 unspecified atom stereocenters. The fraction of sp³-hybridized carbons (Fsp3) is 0.526. The molecule has 1 saturated heterocycles. The highest BCUT2D eigenvalue weighted by molar-refractivity contribution is 5.84. The van der Waals surface area contributed by atoms with Crippen molar-refractivity contribution in [3.05, 3.63) is 29.3 Å². The second kappa shape index (κ2) is 5.59. The maximum absolute atomic E-state index is 12.4. The molecule has 4 rings (SSSR count). The molecule has 1 aromatic carbocycles. The van der Waals surface area contributed by atoms with E-state index in [1.807, 2.05) is 6.07 Å². The summed E-state index contributed by atoms with van der Waals surface area (Å²) in [6.45, 7) is 0.863. The van der Waals surface area contributed by atoms with Crippen molar-refractivity contribution in [3.8, 4) is 11.5 Å². The first kappa shape index (κ1) is 14.6. The molecule has 1 heterocycles. The zero-order valence-corrected chi connectivity index (χ0v) is 13.8. The van der Waals surface area contributed by atoms with Crippen molar-refractivity contribution in [2.75, 3.05) is 20.8 Å². The van der Waals surface area contributed by atoms with Gasteiger partial charge in [-0.05, 0) is 42.9 Å². The quantitative estimate of drug-likeness (QED) is 0.856. The molecule has 4 heteroatoms. The van der Waals surface area contributed by atoms with Crippen LogP contribution in [0.3, 0.4) is 0 Å². The number of rotatable bonds is 3. The number of fused-ring (bicyclic) bond motifs is 3. The van der Waals surface area contributed by atoms with Gasteiger partial charge in [-0.15, -0.1) is 0 Å². The zero-order valence-electron chi connectivity index (χ0n) is 13.8. The lowest BCUT2D eigenvalue weighted by molar-refractivity contribution is -0.130. The van der Waals surface area contributed by atoms with Crippen LogP contribution in [0.15, 0.2) is 18.2 Å². The Labute approximate surface area is 137 Å². The monoisotopic (exact) mass is 313 g/mol. The molecule has 1 fully saturated rings. The summed E-state index contributed by atoms with van der Waals surface area (Å²) >= 11 is 0. The summed E-state index contributed by atoms with van der Waals surface area (Å²) in [5.74, 6) is 2.35. The third-order valence-electron chi connectivity index (χ3n) is 5.49. The van der Waals surface area contributed by atoms with E-state index in [0.29, 0.717) is 12.3 Å². The molecule has 2 aliphatic carbocycles. The van der Waals surface area contributed by atoms with E-state index in [9.17, 15) is 4.79 Å². The van der Waals surface area contributed by atoms with Gasteiger partial charge in [0.1, 0.15) is 11.5 Å². The van der Waals surface area contributed by atoms with Gasteiger partial charge in [0.15, 0.2) is 0 Å². The molecule has 1 aliphatic heterocycles. The Morgan fingerprint density at radius 2 is 2.04 bits per heavy atom. The van der Waals surface area contributed by atoms with Gasteiger partial charge in [0, 0.05) is 30.5 Å². The van der Waals surface area contributed by atoms with Crippen molar-refractivity contribution in [2.45, 2.75) is 38.1 Å². The van der Waals surface area contributed by atoms with Crippen molar-refractivity contribution in [1.82, 2.24) is 4.90 Å². The van der Waals surface area contributed by atoms with Gasteiger partial charge in [-0.1, -0.05) is 6.08 Å². The molecule has 0 radical (unpaired) electrons. The van der Waals surface area contributed by atoms with Gasteiger partial charge in [-0.25, -0.2) is 0 Å². The van der Waals surface area contributed by atoms with Crippen molar-refractivity contribution < 1.29 is 14.3 Å². The third-order valence-corrected chi connectivity index (χ3v) is 5.49. The normalized spacial score (nSPS) is 25.9. The Bertz CT molecular complexity index is 679. The molecular formula is C19H23NO3. The average molecular weight is 313 g/mol. The Hall–Kier alpha value is -1.97. The highest BCUT2D eigenvalue weighted by atomic mass is 16.5.